The zero-order chi connectivity index (χ0) is 31.4. The van der Waals surface area contributed by atoms with E-state index in [4.69, 9.17) is 14.5 Å². The fourth-order valence-corrected chi connectivity index (χ4v) is 6.80. The van der Waals surface area contributed by atoms with Crippen LogP contribution in [0, 0.1) is 23.4 Å². The molecule has 4 heterocycles. The van der Waals surface area contributed by atoms with Gasteiger partial charge in [0.15, 0.2) is 11.9 Å². The Hall–Kier alpha value is -3.88. The molecule has 11 heteroatoms. The summed E-state index contributed by atoms with van der Waals surface area (Å²) >= 11 is 0. The lowest BCUT2D eigenvalue weighted by molar-refractivity contribution is -0.130. The Labute approximate surface area is 260 Å². The highest BCUT2D eigenvalue weighted by molar-refractivity contribution is 6.03. The summed E-state index contributed by atoms with van der Waals surface area (Å²) in [7, 11) is 5.77. The number of ketones is 1. The third-order valence-corrected chi connectivity index (χ3v) is 9.30. The van der Waals surface area contributed by atoms with Crippen molar-refractivity contribution in [2.75, 3.05) is 65.4 Å². The number of allylic oxidation sites excluding steroid dienone is 1. The molecule has 0 bridgehead atoms. The minimum atomic E-state index is -0.314. The molecule has 11 nitrogen and oxygen atoms in total. The van der Waals surface area contributed by atoms with Gasteiger partial charge in [0.25, 0.3) is 6.02 Å². The zero-order valence-corrected chi connectivity index (χ0v) is 26.3. The van der Waals surface area contributed by atoms with Gasteiger partial charge in [0.2, 0.25) is 5.91 Å². The number of ether oxygens (including phenoxy) is 2. The lowest BCUT2D eigenvalue weighted by atomic mass is 9.86. The number of hydrogen-bond acceptors (Lipinski definition) is 10. The van der Waals surface area contributed by atoms with Crippen LogP contribution in [0.4, 0.5) is 5.69 Å². The topological polar surface area (TPSA) is 114 Å². The molecule has 1 amide bonds. The van der Waals surface area contributed by atoms with Gasteiger partial charge < -0.3 is 29.5 Å². The molecule has 0 spiro atoms. The molecule has 0 saturated carbocycles. The lowest BCUT2D eigenvalue weighted by Gasteiger charge is -2.43. The second kappa shape index (κ2) is 13.8. The van der Waals surface area contributed by atoms with Gasteiger partial charge in [-0.15, -0.1) is 0 Å². The standard InChI is InChI=1S/C33H44N7O4/c1-6-27-30(31(42)23-17-22-10-11-26(43-5)18-28(22)38(4)19-23)35-33(44-21-25-9-8-14-37(25)3)36-32(27)39-15-16-40(29(41)7-2)24(20-39)12-13-34/h7,10-11,18,23-25H,2,6,8-9,12,14-17,19-21H2,1,3-5H3,(H,35,36)/t23-,24?,25?/m0/s1. The minimum absolute atomic E-state index is 0.0238. The van der Waals surface area contributed by atoms with E-state index in [1.807, 2.05) is 32.2 Å². The fraction of sp³-hybridized carbons (Fsp3) is 0.545. The maximum Gasteiger partial charge on any atom is 0.291 e. The van der Waals surface area contributed by atoms with Crippen LogP contribution >= 0.6 is 0 Å². The minimum Gasteiger partial charge on any atom is -0.497 e. The summed E-state index contributed by atoms with van der Waals surface area (Å²) in [5.41, 5.74) is 3.52. The van der Waals surface area contributed by atoms with Crippen molar-refractivity contribution in [1.82, 2.24) is 20.0 Å². The zero-order valence-electron chi connectivity index (χ0n) is 26.3. The highest BCUT2D eigenvalue weighted by Gasteiger charge is 2.40. The van der Waals surface area contributed by atoms with Crippen molar-refractivity contribution < 1.29 is 19.1 Å². The summed E-state index contributed by atoms with van der Waals surface area (Å²) in [5.74, 6) is 0.366. The Kier molecular flexibility index (Phi) is 9.91. The molecule has 4 aliphatic rings. The molecule has 1 N–H and O–H groups in total. The van der Waals surface area contributed by atoms with Crippen molar-refractivity contribution in [3.63, 3.8) is 0 Å². The van der Waals surface area contributed by atoms with E-state index >= 15 is 0 Å². The number of likely N-dealkylation sites (N-methyl/N-ethyl adjacent to an activating group) is 1. The van der Waals surface area contributed by atoms with Gasteiger partial charge in [-0.05, 0) is 57.0 Å². The number of benzene rings is 1. The van der Waals surface area contributed by atoms with Crippen LogP contribution in [-0.2, 0) is 20.7 Å². The summed E-state index contributed by atoms with van der Waals surface area (Å²) in [6.45, 7) is 9.12. The number of nitrogens with one attached hydrogen (secondary N) is 1. The van der Waals surface area contributed by atoms with Crippen molar-refractivity contribution in [1.29, 1.82) is 5.26 Å². The Balaban J connectivity index is 1.44. The van der Waals surface area contributed by atoms with Gasteiger partial charge in [0.05, 0.1) is 31.3 Å². The Morgan fingerprint density at radius 2 is 2.02 bits per heavy atom. The third-order valence-electron chi connectivity index (χ3n) is 9.30. The molecule has 0 aromatic heterocycles. The average molecular weight is 603 g/mol. The average Bonchev–Trinajstić information content (AvgIpc) is 3.46. The number of nitrogens with zero attached hydrogens (tertiary/aromatic N) is 6. The van der Waals surface area contributed by atoms with Crippen LogP contribution in [-0.4, -0.2) is 105 Å². The van der Waals surface area contributed by atoms with E-state index in [2.05, 4.69) is 39.7 Å². The summed E-state index contributed by atoms with van der Waals surface area (Å²) < 4.78 is 11.7. The Bertz CT molecular complexity index is 1370. The van der Waals surface area contributed by atoms with Crippen LogP contribution in [0.15, 0.2) is 47.1 Å². The number of amides is 1. The smallest absolute Gasteiger partial charge is 0.291 e. The van der Waals surface area contributed by atoms with Crippen LogP contribution in [0.5, 0.6) is 5.75 Å². The summed E-state index contributed by atoms with van der Waals surface area (Å²) in [6.07, 6.45) is 5.54. The molecule has 2 saturated heterocycles. The number of piperazine rings is 1. The first-order valence-corrected chi connectivity index (χ1v) is 15.5. The predicted molar refractivity (Wildman–Crippen MR) is 169 cm³/mol. The first-order valence-electron chi connectivity index (χ1n) is 15.5. The normalized spacial score (nSPS) is 24.7. The van der Waals surface area contributed by atoms with Gasteiger partial charge in [0, 0.05) is 62.5 Å². The summed E-state index contributed by atoms with van der Waals surface area (Å²) in [6, 6.07) is 8.51. The number of likely N-dealkylation sites (tertiary alicyclic amines) is 1. The number of hydrogen-bond donors (Lipinski definition) is 1. The van der Waals surface area contributed by atoms with Crippen molar-refractivity contribution in [3.05, 3.63) is 53.9 Å². The largest absolute Gasteiger partial charge is 0.497 e. The van der Waals surface area contributed by atoms with Gasteiger partial charge >= 0.3 is 0 Å². The Morgan fingerprint density at radius 3 is 2.70 bits per heavy atom. The molecule has 2 unspecified atom stereocenters. The number of anilines is 1. The summed E-state index contributed by atoms with van der Waals surface area (Å²) in [4.78, 5) is 40.1. The molecule has 5 rings (SSSR count). The second-order valence-electron chi connectivity index (χ2n) is 12.0. The van der Waals surface area contributed by atoms with E-state index in [1.54, 1.807) is 12.0 Å². The maximum atomic E-state index is 14.4. The molecule has 2 fully saturated rings. The third kappa shape index (κ3) is 6.47. The molecule has 44 heavy (non-hydrogen) atoms. The monoisotopic (exact) mass is 602 g/mol. The van der Waals surface area contributed by atoms with Gasteiger partial charge in [-0.3, -0.25) is 14.5 Å². The molecular formula is C33H44N7O4. The Morgan fingerprint density at radius 1 is 1.20 bits per heavy atom. The van der Waals surface area contributed by atoms with Crippen molar-refractivity contribution in [2.24, 2.45) is 10.9 Å². The highest BCUT2D eigenvalue weighted by atomic mass is 16.5. The highest BCUT2D eigenvalue weighted by Crippen LogP contribution is 2.36. The predicted octanol–water partition coefficient (Wildman–Crippen LogP) is 2.71. The first-order chi connectivity index (χ1) is 21.3. The number of Topliss-reactive ketones (excluding diaryl/α,β-unsaturated/α-hetero) is 1. The van der Waals surface area contributed by atoms with Crippen LogP contribution in [0.2, 0.25) is 0 Å². The number of rotatable bonds is 9. The van der Waals surface area contributed by atoms with Gasteiger partial charge in [-0.2, -0.15) is 5.26 Å². The molecule has 0 aliphatic carbocycles. The number of fused-ring (bicyclic) bond motifs is 1. The van der Waals surface area contributed by atoms with Crippen LogP contribution < -0.4 is 15.0 Å². The van der Waals surface area contributed by atoms with E-state index in [0.29, 0.717) is 63.5 Å². The first kappa shape index (κ1) is 31.5. The van der Waals surface area contributed by atoms with Crippen molar-refractivity contribution in [2.45, 2.75) is 51.1 Å². The number of aliphatic imine (C=N–C) groups is 1. The van der Waals surface area contributed by atoms with Gasteiger partial charge in [0.1, 0.15) is 12.4 Å². The summed E-state index contributed by atoms with van der Waals surface area (Å²) in [5, 5.41) is 12.8. The van der Waals surface area contributed by atoms with E-state index < -0.39 is 0 Å². The lowest BCUT2D eigenvalue weighted by Crippen LogP contribution is -2.56. The number of amidine groups is 1. The maximum absolute atomic E-state index is 14.4. The molecule has 1 aromatic rings. The van der Waals surface area contributed by atoms with E-state index in [0.717, 1.165) is 42.0 Å². The SMILES string of the molecule is C=CC(=O)N1CCN([C]2N=C(OCC3CCCN3C)NC(C(=O)[C@H]3Cc4ccc(OC)cc4N(C)C3)=C2CC)CC1CC#N. The van der Waals surface area contributed by atoms with Crippen LogP contribution in [0.25, 0.3) is 0 Å². The number of methoxy groups -OCH3 is 1. The van der Waals surface area contributed by atoms with Crippen molar-refractivity contribution >= 4 is 23.4 Å². The molecule has 1 radical (unpaired) electrons. The van der Waals surface area contributed by atoms with E-state index in [1.165, 1.54) is 6.08 Å². The van der Waals surface area contributed by atoms with Gasteiger partial charge in [-0.25, -0.2) is 4.99 Å². The second-order valence-corrected chi connectivity index (χ2v) is 12.0. The molecule has 3 atom stereocenters. The molecule has 235 valence electrons. The van der Waals surface area contributed by atoms with Gasteiger partial charge in [-0.1, -0.05) is 19.6 Å². The molecular weight excluding hydrogens is 558 g/mol. The quantitative estimate of drug-likeness (QED) is 0.426. The van der Waals surface area contributed by atoms with Crippen molar-refractivity contribution in [3.8, 4) is 11.8 Å². The fourth-order valence-electron chi connectivity index (χ4n) is 6.80. The number of carbonyl (C=O) groups excluding carboxylic acids is 2. The number of nitriles is 1. The number of carbonyl (C=O) groups is 2. The van der Waals surface area contributed by atoms with E-state index in [-0.39, 0.29) is 36.1 Å². The van der Waals surface area contributed by atoms with Crippen LogP contribution in [0.3, 0.4) is 0 Å². The molecule has 1 aromatic carbocycles. The van der Waals surface area contributed by atoms with Crippen LogP contribution in [0.1, 0.15) is 38.2 Å². The van der Waals surface area contributed by atoms with E-state index in [9.17, 15) is 14.9 Å². The molecule has 4 aliphatic heterocycles.